The number of nitrogens with two attached hydrogens (primary N) is 3. The van der Waals surface area contributed by atoms with Crippen LogP contribution in [0.3, 0.4) is 0 Å². The van der Waals surface area contributed by atoms with Crippen molar-refractivity contribution in [3.05, 3.63) is 102 Å². The molecule has 2 aliphatic rings. The lowest BCUT2D eigenvalue weighted by Gasteiger charge is -2.32. The van der Waals surface area contributed by atoms with Gasteiger partial charge in [-0.05, 0) is 104 Å². The highest BCUT2D eigenvalue weighted by molar-refractivity contribution is 6.00. The summed E-state index contributed by atoms with van der Waals surface area (Å²) in [7, 11) is 0. The molecule has 0 spiro atoms. The molecule has 0 aliphatic carbocycles. The molecule has 2 heterocycles. The molecular formula is C64H91N13O13. The highest BCUT2D eigenvalue weighted by Crippen LogP contribution is 2.22. The fraction of sp³-hybridized carbons (Fsp3) is 0.531. The van der Waals surface area contributed by atoms with E-state index in [0.717, 1.165) is 0 Å². The second-order valence-electron chi connectivity index (χ2n) is 24.4. The number of aromatic hydroxyl groups is 1. The van der Waals surface area contributed by atoms with Crippen molar-refractivity contribution in [3.63, 3.8) is 0 Å². The molecule has 0 aromatic heterocycles. The van der Waals surface area contributed by atoms with Crippen molar-refractivity contribution in [3.8, 4) is 5.75 Å². The SMILES string of the molecule is CC(C)CC1NC(=O)C(CCCCN)NC(=O)C(C(C)C)NC(=O)C(Cc2ccc(O)cc2)NC(=O)C(CCC(N)=O)NC(=O)C(CC(N)=O)NC(=O)C(Cc2ccccc2)NC(=O)C(CC(C)C)NC(=O)C2CCCN2C(=O)C(Cc2ccccc2)NC1=O. The first-order valence-electron chi connectivity index (χ1n) is 30.9. The number of fused-ring (bicyclic) bond motifs is 1. The van der Waals surface area contributed by atoms with Gasteiger partial charge in [0, 0.05) is 32.2 Å². The standard InChI is InChI=1S/C64H91N13O13/c1-36(2)30-45-58(84)75-50(34-40-18-11-8-12-19-40)64(90)77-29-15-21-51(77)62(88)74-46(31-37(3)4)57(83)72-47(32-39-16-9-7-10-17-39)59(85)73-49(35-53(67)80)60(86)68-44(26-27-52(66)79)56(82)71-48(33-41-22-24-42(78)25-23-41)61(87)76-54(38(5)6)63(89)69-43(55(81)70-45)20-13-14-28-65/h7-12,16-19,22-25,36-38,43-51,54,78H,13-15,20-21,26-35,65H2,1-6H3,(H2,66,79)(H2,67,80)(H,68,86)(H,69,89)(H,70,81)(H,71,82)(H,72,83)(H,73,85)(H,74,88)(H,75,84)(H,76,87). The molecule has 3 aromatic rings. The third kappa shape index (κ3) is 22.9. The predicted octanol–water partition coefficient (Wildman–Crippen LogP) is -0.194. The van der Waals surface area contributed by atoms with E-state index in [9.17, 15) is 57.8 Å². The quantitative estimate of drug-likeness (QED) is 0.0653. The van der Waals surface area contributed by atoms with Crippen LogP contribution in [-0.4, -0.2) is 154 Å². The van der Waals surface area contributed by atoms with Crippen molar-refractivity contribution in [2.24, 2.45) is 35.0 Å². The third-order valence-corrected chi connectivity index (χ3v) is 15.5. The number of nitrogens with one attached hydrogen (secondary N) is 9. The van der Waals surface area contributed by atoms with Crippen molar-refractivity contribution in [1.82, 2.24) is 52.8 Å². The molecule has 26 heteroatoms. The Kier molecular flexibility index (Phi) is 28.2. The molecule has 2 aliphatic heterocycles. The van der Waals surface area contributed by atoms with E-state index in [1.54, 1.807) is 74.5 Å². The van der Waals surface area contributed by atoms with E-state index in [-0.39, 0.29) is 75.6 Å². The molecule has 90 heavy (non-hydrogen) atoms. The Balaban J connectivity index is 1.65. The molecule has 16 N–H and O–H groups in total. The van der Waals surface area contributed by atoms with E-state index in [1.807, 2.05) is 27.7 Å². The highest BCUT2D eigenvalue weighted by atomic mass is 16.3. The van der Waals surface area contributed by atoms with Crippen LogP contribution in [0.4, 0.5) is 0 Å². The Bertz CT molecular complexity index is 2970. The number of hydrogen-bond acceptors (Lipinski definition) is 14. The van der Waals surface area contributed by atoms with Gasteiger partial charge in [-0.3, -0.25) is 57.5 Å². The van der Waals surface area contributed by atoms with Crippen LogP contribution in [0.25, 0.3) is 0 Å². The van der Waals surface area contributed by atoms with Crippen LogP contribution in [0.2, 0.25) is 0 Å². The number of benzene rings is 3. The molecule has 0 bridgehead atoms. The number of phenolic OH excluding ortho intramolecular Hbond substituents is 1. The molecule has 3 aromatic carbocycles. The maximum Gasteiger partial charge on any atom is 0.246 e. The number of nitrogens with zero attached hydrogens (tertiary/aromatic N) is 1. The molecule has 10 atom stereocenters. The molecule has 2 saturated heterocycles. The Morgan fingerprint density at radius 2 is 0.889 bits per heavy atom. The summed E-state index contributed by atoms with van der Waals surface area (Å²) in [6.45, 7) is 10.9. The van der Waals surface area contributed by atoms with Crippen molar-refractivity contribution in [2.75, 3.05) is 13.1 Å². The number of amides is 12. The van der Waals surface area contributed by atoms with Gasteiger partial charge >= 0.3 is 0 Å². The van der Waals surface area contributed by atoms with Gasteiger partial charge in [-0.1, -0.05) is 114 Å². The summed E-state index contributed by atoms with van der Waals surface area (Å²) < 4.78 is 0. The smallest absolute Gasteiger partial charge is 0.246 e. The van der Waals surface area contributed by atoms with Crippen molar-refractivity contribution < 1.29 is 62.6 Å². The van der Waals surface area contributed by atoms with Gasteiger partial charge < -0.3 is 75.1 Å². The first-order chi connectivity index (χ1) is 42.7. The highest BCUT2D eigenvalue weighted by Gasteiger charge is 2.42. The molecule has 490 valence electrons. The van der Waals surface area contributed by atoms with Crippen LogP contribution in [0, 0.1) is 17.8 Å². The van der Waals surface area contributed by atoms with Crippen LogP contribution in [-0.2, 0) is 76.8 Å². The average molecular weight is 1250 g/mol. The van der Waals surface area contributed by atoms with E-state index < -0.39 is 156 Å². The zero-order valence-corrected chi connectivity index (χ0v) is 52.2. The molecular weight excluding hydrogens is 1160 g/mol. The number of carbonyl (C=O) groups is 12. The zero-order chi connectivity index (χ0) is 66.2. The second-order valence-corrected chi connectivity index (χ2v) is 24.4. The fourth-order valence-electron chi connectivity index (χ4n) is 10.8. The van der Waals surface area contributed by atoms with Crippen molar-refractivity contribution in [2.45, 2.75) is 185 Å². The molecule has 0 radical (unpaired) electrons. The maximum absolute atomic E-state index is 15.0. The maximum atomic E-state index is 15.0. The fourth-order valence-corrected chi connectivity index (χ4v) is 10.8. The summed E-state index contributed by atoms with van der Waals surface area (Å²) in [6, 6.07) is 8.67. The lowest BCUT2D eigenvalue weighted by Crippen LogP contribution is -2.62. The summed E-state index contributed by atoms with van der Waals surface area (Å²) in [5, 5.41) is 34.4. The van der Waals surface area contributed by atoms with Gasteiger partial charge in [0.2, 0.25) is 70.9 Å². The average Bonchev–Trinajstić information content (AvgIpc) is 1.66. The second kappa shape index (κ2) is 35.3. The number of unbranched alkanes of at least 4 members (excludes halogenated alkanes) is 1. The van der Waals surface area contributed by atoms with Gasteiger partial charge in [0.05, 0.1) is 6.42 Å². The Morgan fingerprint density at radius 1 is 0.478 bits per heavy atom. The van der Waals surface area contributed by atoms with Gasteiger partial charge in [-0.2, -0.15) is 0 Å². The number of phenols is 1. The van der Waals surface area contributed by atoms with Gasteiger partial charge in [-0.15, -0.1) is 0 Å². The van der Waals surface area contributed by atoms with Gasteiger partial charge in [-0.25, -0.2) is 0 Å². The Morgan fingerprint density at radius 3 is 1.39 bits per heavy atom. The van der Waals surface area contributed by atoms with E-state index in [1.165, 1.54) is 29.2 Å². The van der Waals surface area contributed by atoms with E-state index in [4.69, 9.17) is 17.2 Å². The Labute approximate surface area is 525 Å². The normalized spacial score (nSPS) is 24.3. The number of rotatable bonds is 20. The minimum absolute atomic E-state index is 0.0285. The summed E-state index contributed by atoms with van der Waals surface area (Å²) in [5.41, 5.74) is 18.6. The summed E-state index contributed by atoms with van der Waals surface area (Å²) in [4.78, 5) is 173. The van der Waals surface area contributed by atoms with Crippen molar-refractivity contribution in [1.29, 1.82) is 0 Å². The number of primary amides is 2. The van der Waals surface area contributed by atoms with E-state index in [0.29, 0.717) is 36.0 Å². The molecule has 26 nitrogen and oxygen atoms in total. The largest absolute Gasteiger partial charge is 0.508 e. The zero-order valence-electron chi connectivity index (χ0n) is 52.2. The van der Waals surface area contributed by atoms with Crippen molar-refractivity contribution >= 4 is 70.9 Å². The molecule has 5 rings (SSSR count). The Hall–Kier alpha value is -8.94. The molecule has 10 unspecified atom stereocenters. The number of hydrogen-bond donors (Lipinski definition) is 13. The van der Waals surface area contributed by atoms with Crippen LogP contribution >= 0.6 is 0 Å². The lowest BCUT2D eigenvalue weighted by atomic mass is 9.98. The third-order valence-electron chi connectivity index (χ3n) is 15.5. The first-order valence-corrected chi connectivity index (χ1v) is 30.9. The van der Waals surface area contributed by atoms with Crippen LogP contribution in [0.15, 0.2) is 84.9 Å². The molecule has 0 saturated carbocycles. The van der Waals surface area contributed by atoms with Crippen LogP contribution in [0.5, 0.6) is 5.75 Å². The van der Waals surface area contributed by atoms with Gasteiger partial charge in [0.15, 0.2) is 0 Å². The van der Waals surface area contributed by atoms with Gasteiger partial charge in [0.1, 0.15) is 66.2 Å². The summed E-state index contributed by atoms with van der Waals surface area (Å²) >= 11 is 0. The minimum atomic E-state index is -1.83. The topological polar surface area (TPSA) is 415 Å². The lowest BCUT2D eigenvalue weighted by molar-refractivity contribution is -0.142. The predicted molar refractivity (Wildman–Crippen MR) is 333 cm³/mol. The van der Waals surface area contributed by atoms with E-state index >= 15 is 4.79 Å². The first kappa shape index (κ1) is 71.8. The van der Waals surface area contributed by atoms with Gasteiger partial charge in [0.25, 0.3) is 0 Å². The number of carbonyl (C=O) groups excluding carboxylic acids is 12. The minimum Gasteiger partial charge on any atom is -0.508 e. The molecule has 12 amide bonds. The summed E-state index contributed by atoms with van der Waals surface area (Å²) in [5.74, 6) is -11.8. The molecule has 2 fully saturated rings. The van der Waals surface area contributed by atoms with E-state index in [2.05, 4.69) is 47.9 Å². The monoisotopic (exact) mass is 1250 g/mol. The van der Waals surface area contributed by atoms with Crippen LogP contribution in [0.1, 0.15) is 122 Å². The summed E-state index contributed by atoms with van der Waals surface area (Å²) in [6.07, 6.45) is -0.814. The van der Waals surface area contributed by atoms with Crippen LogP contribution < -0.4 is 65.1 Å².